The highest BCUT2D eigenvalue weighted by molar-refractivity contribution is 5.88. The molecule has 5 heteroatoms. The van der Waals surface area contributed by atoms with Crippen molar-refractivity contribution in [3.8, 4) is 17.0 Å². The van der Waals surface area contributed by atoms with Gasteiger partial charge in [0.1, 0.15) is 5.75 Å². The van der Waals surface area contributed by atoms with Crippen LogP contribution in [0.1, 0.15) is 20.3 Å². The highest BCUT2D eigenvalue weighted by Crippen LogP contribution is 2.31. The van der Waals surface area contributed by atoms with E-state index < -0.39 is 12.6 Å². The fraction of sp³-hybridized carbons (Fsp3) is 0.333. The molecule has 3 rings (SSSR count). The summed E-state index contributed by atoms with van der Waals surface area (Å²) in [6.07, 6.45) is -5.16. The van der Waals surface area contributed by atoms with Crippen molar-refractivity contribution >= 4 is 10.9 Å². The lowest BCUT2D eigenvalue weighted by Crippen LogP contribution is -2.13. The van der Waals surface area contributed by atoms with Crippen LogP contribution >= 0.6 is 0 Å². The van der Waals surface area contributed by atoms with Crippen molar-refractivity contribution in [3.63, 3.8) is 0 Å². The molecule has 0 amide bonds. The largest absolute Gasteiger partial charge is 0.493 e. The fourth-order valence-corrected chi connectivity index (χ4v) is 3.02. The average Bonchev–Trinajstić information content (AvgIpc) is 2.92. The van der Waals surface area contributed by atoms with Gasteiger partial charge in [0, 0.05) is 23.7 Å². The van der Waals surface area contributed by atoms with Crippen molar-refractivity contribution in [2.75, 3.05) is 6.61 Å². The van der Waals surface area contributed by atoms with Crippen LogP contribution < -0.4 is 4.74 Å². The minimum absolute atomic E-state index is 0.370. The summed E-state index contributed by atoms with van der Waals surface area (Å²) in [4.78, 5) is 0. The molecule has 0 bridgehead atoms. The first-order chi connectivity index (χ1) is 12.3. The number of aromatic nitrogens is 1. The van der Waals surface area contributed by atoms with Crippen LogP contribution in [0.3, 0.4) is 0 Å². The Morgan fingerprint density at radius 3 is 2.38 bits per heavy atom. The molecule has 0 aliphatic rings. The maximum Gasteiger partial charge on any atom is 0.392 e. The lowest BCUT2D eigenvalue weighted by molar-refractivity contribution is -0.139. The SMILES string of the molecule is CC(C)Cn1c(-c2ccccc2)cc2ccc(OCCC(F)(F)F)cc21. The van der Waals surface area contributed by atoms with Crippen molar-refractivity contribution < 1.29 is 17.9 Å². The first kappa shape index (κ1) is 18.4. The second-order valence-electron chi connectivity index (χ2n) is 6.83. The molecule has 0 radical (unpaired) electrons. The summed E-state index contributed by atoms with van der Waals surface area (Å²) in [5.41, 5.74) is 3.19. The van der Waals surface area contributed by atoms with Crippen LogP contribution in [0, 0.1) is 5.92 Å². The van der Waals surface area contributed by atoms with Crippen molar-refractivity contribution in [2.45, 2.75) is 33.0 Å². The predicted molar refractivity (Wildman–Crippen MR) is 98.4 cm³/mol. The number of rotatable bonds is 6. The maximum atomic E-state index is 12.3. The molecule has 0 saturated carbocycles. The molecule has 0 atom stereocenters. The summed E-state index contributed by atoms with van der Waals surface area (Å²) in [5, 5.41) is 1.05. The van der Waals surface area contributed by atoms with Crippen molar-refractivity contribution in [2.24, 2.45) is 5.92 Å². The third-order valence-electron chi connectivity index (χ3n) is 4.15. The van der Waals surface area contributed by atoms with Crippen LogP contribution in [-0.4, -0.2) is 17.4 Å². The van der Waals surface area contributed by atoms with Gasteiger partial charge in [-0.25, -0.2) is 0 Å². The molecular formula is C21H22F3NO. The van der Waals surface area contributed by atoms with Crippen LogP contribution in [0.2, 0.25) is 0 Å². The average molecular weight is 361 g/mol. The van der Waals surface area contributed by atoms with E-state index in [1.165, 1.54) is 0 Å². The second-order valence-corrected chi connectivity index (χ2v) is 6.83. The van der Waals surface area contributed by atoms with E-state index in [1.54, 1.807) is 6.07 Å². The van der Waals surface area contributed by atoms with E-state index in [2.05, 4.69) is 36.6 Å². The predicted octanol–water partition coefficient (Wildman–Crippen LogP) is 6.30. The zero-order valence-electron chi connectivity index (χ0n) is 14.9. The molecule has 0 fully saturated rings. The Labute approximate surface area is 151 Å². The van der Waals surface area contributed by atoms with Gasteiger partial charge in [0.25, 0.3) is 0 Å². The number of ether oxygens (including phenoxy) is 1. The van der Waals surface area contributed by atoms with Gasteiger partial charge in [0.05, 0.1) is 18.5 Å². The summed E-state index contributed by atoms with van der Waals surface area (Å²) >= 11 is 0. The number of hydrogen-bond acceptors (Lipinski definition) is 1. The number of halogens is 3. The summed E-state index contributed by atoms with van der Waals surface area (Å²) in [5.74, 6) is 0.896. The van der Waals surface area contributed by atoms with Crippen molar-refractivity contribution in [1.82, 2.24) is 4.57 Å². The van der Waals surface area contributed by atoms with Crippen LogP contribution in [0.4, 0.5) is 13.2 Å². The van der Waals surface area contributed by atoms with Crippen LogP contribution in [0.15, 0.2) is 54.6 Å². The Morgan fingerprint density at radius 2 is 1.73 bits per heavy atom. The molecule has 0 spiro atoms. The van der Waals surface area contributed by atoms with Crippen LogP contribution in [-0.2, 0) is 6.54 Å². The fourth-order valence-electron chi connectivity index (χ4n) is 3.02. The Hall–Kier alpha value is -2.43. The minimum atomic E-state index is -4.21. The molecule has 3 aromatic rings. The lowest BCUT2D eigenvalue weighted by atomic mass is 10.1. The lowest BCUT2D eigenvalue weighted by Gasteiger charge is -2.14. The zero-order valence-corrected chi connectivity index (χ0v) is 14.9. The summed E-state index contributed by atoms with van der Waals surface area (Å²) in [6, 6.07) is 17.7. The Kier molecular flexibility index (Phi) is 5.25. The van der Waals surface area contributed by atoms with E-state index in [-0.39, 0.29) is 6.61 Å². The zero-order chi connectivity index (χ0) is 18.7. The highest BCUT2D eigenvalue weighted by Gasteiger charge is 2.26. The van der Waals surface area contributed by atoms with E-state index >= 15 is 0 Å². The van der Waals surface area contributed by atoms with Gasteiger partial charge in [0.2, 0.25) is 0 Å². The normalized spacial score (nSPS) is 12.1. The maximum absolute atomic E-state index is 12.3. The van der Waals surface area contributed by atoms with E-state index in [9.17, 15) is 13.2 Å². The summed E-state index contributed by atoms with van der Waals surface area (Å²) in [6.45, 7) is 4.74. The smallest absolute Gasteiger partial charge is 0.392 e. The molecule has 2 aromatic carbocycles. The second kappa shape index (κ2) is 7.44. The molecular weight excluding hydrogens is 339 g/mol. The summed E-state index contributed by atoms with van der Waals surface area (Å²) < 4.78 is 44.5. The molecule has 0 aliphatic carbocycles. The summed E-state index contributed by atoms with van der Waals surface area (Å²) in [7, 11) is 0. The molecule has 1 heterocycles. The molecule has 1 aromatic heterocycles. The van der Waals surface area contributed by atoms with Gasteiger partial charge < -0.3 is 9.30 Å². The quantitative estimate of drug-likeness (QED) is 0.503. The monoisotopic (exact) mass is 361 g/mol. The van der Waals surface area contributed by atoms with Crippen LogP contribution in [0.5, 0.6) is 5.75 Å². The van der Waals surface area contributed by atoms with Gasteiger partial charge in [-0.1, -0.05) is 44.2 Å². The first-order valence-electron chi connectivity index (χ1n) is 8.72. The molecule has 138 valence electrons. The topological polar surface area (TPSA) is 14.2 Å². The van der Waals surface area contributed by atoms with Gasteiger partial charge >= 0.3 is 6.18 Å². The van der Waals surface area contributed by atoms with E-state index in [0.29, 0.717) is 11.7 Å². The van der Waals surface area contributed by atoms with Gasteiger partial charge in [0.15, 0.2) is 0 Å². The van der Waals surface area contributed by atoms with Crippen molar-refractivity contribution in [3.05, 3.63) is 54.6 Å². The highest BCUT2D eigenvalue weighted by atomic mass is 19.4. The standard InChI is InChI=1S/C21H22F3NO/c1-15(2)14-25-19(16-6-4-3-5-7-16)12-17-8-9-18(13-20(17)25)26-11-10-21(22,23)24/h3-9,12-13,15H,10-11,14H2,1-2H3. The van der Waals surface area contributed by atoms with Gasteiger partial charge in [-0.3, -0.25) is 0 Å². The van der Waals surface area contributed by atoms with Crippen molar-refractivity contribution in [1.29, 1.82) is 0 Å². The Balaban J connectivity index is 1.96. The Morgan fingerprint density at radius 1 is 1.00 bits per heavy atom. The van der Waals surface area contributed by atoms with Gasteiger partial charge in [-0.2, -0.15) is 13.2 Å². The molecule has 0 aliphatic heterocycles. The van der Waals surface area contributed by atoms with E-state index in [1.807, 2.05) is 30.3 Å². The minimum Gasteiger partial charge on any atom is -0.493 e. The molecule has 26 heavy (non-hydrogen) atoms. The molecule has 0 saturated heterocycles. The first-order valence-corrected chi connectivity index (χ1v) is 8.72. The number of benzene rings is 2. The van der Waals surface area contributed by atoms with Crippen LogP contribution in [0.25, 0.3) is 22.2 Å². The number of alkyl halides is 3. The third-order valence-corrected chi connectivity index (χ3v) is 4.15. The molecule has 0 unspecified atom stereocenters. The molecule has 0 N–H and O–H groups in total. The van der Waals surface area contributed by atoms with Gasteiger partial charge in [-0.05, 0) is 29.7 Å². The van der Waals surface area contributed by atoms with Gasteiger partial charge in [-0.15, -0.1) is 0 Å². The molecule has 2 nitrogen and oxygen atoms in total. The Bertz CT molecular complexity index is 866. The number of nitrogens with zero attached hydrogens (tertiary/aromatic N) is 1. The third kappa shape index (κ3) is 4.40. The number of fused-ring (bicyclic) bond motifs is 1. The number of hydrogen-bond donors (Lipinski definition) is 0. The van der Waals surface area contributed by atoms with E-state index in [4.69, 9.17) is 4.74 Å². The van der Waals surface area contributed by atoms with E-state index in [0.717, 1.165) is 28.7 Å².